The van der Waals surface area contributed by atoms with Gasteiger partial charge in [-0.05, 0) is 32.6 Å². The first kappa shape index (κ1) is 16.4. The van der Waals surface area contributed by atoms with Crippen molar-refractivity contribution in [1.82, 2.24) is 4.72 Å². The highest BCUT2D eigenvalue weighted by Crippen LogP contribution is 2.27. The van der Waals surface area contributed by atoms with Gasteiger partial charge in [-0.25, -0.2) is 13.1 Å². The Morgan fingerprint density at radius 1 is 1.32 bits per heavy atom. The first-order valence-corrected chi connectivity index (χ1v) is 8.59. The summed E-state index contributed by atoms with van der Waals surface area (Å²) in [4.78, 5) is 10.5. The largest absolute Gasteiger partial charge is 0.481 e. The second-order valence-corrected chi connectivity index (χ2v) is 7.98. The summed E-state index contributed by atoms with van der Waals surface area (Å²) in [6.45, 7) is 3.45. The number of sulfonamides is 1. The molecule has 1 saturated carbocycles. The monoisotopic (exact) mass is 291 g/mol. The third kappa shape index (κ3) is 6.92. The Morgan fingerprint density at radius 3 is 2.42 bits per heavy atom. The van der Waals surface area contributed by atoms with Crippen LogP contribution in [0.25, 0.3) is 0 Å². The molecule has 2 N–H and O–H groups in total. The summed E-state index contributed by atoms with van der Waals surface area (Å²) in [5.74, 6) is -0.217. The van der Waals surface area contributed by atoms with Crippen LogP contribution in [0.4, 0.5) is 0 Å². The maximum Gasteiger partial charge on any atom is 0.303 e. The van der Waals surface area contributed by atoms with Crippen LogP contribution >= 0.6 is 0 Å². The molecule has 0 radical (unpaired) electrons. The van der Waals surface area contributed by atoms with Crippen molar-refractivity contribution in [2.75, 3.05) is 5.75 Å². The molecule has 0 heterocycles. The molecular formula is C13H25NO4S. The van der Waals surface area contributed by atoms with Gasteiger partial charge in [-0.1, -0.05) is 25.7 Å². The van der Waals surface area contributed by atoms with Gasteiger partial charge in [-0.3, -0.25) is 4.79 Å². The number of carbonyl (C=O) groups is 1. The lowest BCUT2D eigenvalue weighted by Crippen LogP contribution is -2.44. The molecule has 0 saturated heterocycles. The van der Waals surface area contributed by atoms with Crippen LogP contribution in [0.15, 0.2) is 0 Å². The molecule has 0 amide bonds. The topological polar surface area (TPSA) is 83.5 Å². The van der Waals surface area contributed by atoms with Crippen LogP contribution < -0.4 is 4.72 Å². The minimum Gasteiger partial charge on any atom is -0.481 e. The summed E-state index contributed by atoms with van der Waals surface area (Å²) in [5.41, 5.74) is -0.701. The van der Waals surface area contributed by atoms with Gasteiger partial charge in [0.2, 0.25) is 10.0 Å². The first-order chi connectivity index (χ1) is 8.70. The average molecular weight is 291 g/mol. The molecule has 1 aliphatic carbocycles. The summed E-state index contributed by atoms with van der Waals surface area (Å²) in [7, 11) is -3.32. The summed E-state index contributed by atoms with van der Waals surface area (Å²) < 4.78 is 26.6. The van der Waals surface area contributed by atoms with E-state index in [1.807, 2.05) is 0 Å². The standard InChI is InChI=1S/C13H25NO4S/c1-13(2,9-7-12(15)16)14-19(17,18)10-8-11-5-3-4-6-11/h11,14H,3-10H2,1-2H3,(H,15,16). The molecule has 0 aliphatic heterocycles. The Balaban J connectivity index is 2.41. The second kappa shape index (κ2) is 6.70. The molecular weight excluding hydrogens is 266 g/mol. The fourth-order valence-corrected chi connectivity index (χ4v) is 4.25. The van der Waals surface area contributed by atoms with Crippen molar-refractivity contribution in [3.05, 3.63) is 0 Å². The Bertz CT molecular complexity index is 397. The lowest BCUT2D eigenvalue weighted by molar-refractivity contribution is -0.137. The Kier molecular flexibility index (Phi) is 5.80. The van der Waals surface area contributed by atoms with Crippen molar-refractivity contribution >= 4 is 16.0 Å². The van der Waals surface area contributed by atoms with E-state index < -0.39 is 21.5 Å². The quantitative estimate of drug-likeness (QED) is 0.717. The fourth-order valence-electron chi connectivity index (χ4n) is 2.56. The molecule has 0 aromatic carbocycles. The van der Waals surface area contributed by atoms with Gasteiger partial charge in [0.15, 0.2) is 0 Å². The van der Waals surface area contributed by atoms with Gasteiger partial charge < -0.3 is 5.11 Å². The SMILES string of the molecule is CC(C)(CCC(=O)O)NS(=O)(=O)CCC1CCCC1. The predicted molar refractivity (Wildman–Crippen MR) is 74.4 cm³/mol. The van der Waals surface area contributed by atoms with Crippen molar-refractivity contribution in [1.29, 1.82) is 0 Å². The van der Waals surface area contributed by atoms with Crippen LogP contribution in [0.3, 0.4) is 0 Å². The van der Waals surface area contributed by atoms with E-state index in [2.05, 4.69) is 4.72 Å². The van der Waals surface area contributed by atoms with Crippen molar-refractivity contribution < 1.29 is 18.3 Å². The summed E-state index contributed by atoms with van der Waals surface area (Å²) in [5, 5.41) is 8.64. The van der Waals surface area contributed by atoms with E-state index in [0.29, 0.717) is 18.8 Å². The molecule has 1 rings (SSSR count). The second-order valence-electron chi connectivity index (χ2n) is 6.14. The fraction of sp³-hybridized carbons (Fsp3) is 0.923. The van der Waals surface area contributed by atoms with E-state index in [0.717, 1.165) is 12.8 Å². The van der Waals surface area contributed by atoms with E-state index in [1.165, 1.54) is 12.8 Å². The molecule has 0 spiro atoms. The minimum atomic E-state index is -3.32. The van der Waals surface area contributed by atoms with Crippen LogP contribution in [0, 0.1) is 5.92 Å². The van der Waals surface area contributed by atoms with E-state index in [1.54, 1.807) is 13.8 Å². The van der Waals surface area contributed by atoms with Crippen LogP contribution in [-0.4, -0.2) is 30.8 Å². The van der Waals surface area contributed by atoms with Crippen LogP contribution in [0.5, 0.6) is 0 Å². The number of carboxylic acids is 1. The van der Waals surface area contributed by atoms with Crippen molar-refractivity contribution in [3.63, 3.8) is 0 Å². The number of rotatable bonds is 8. The van der Waals surface area contributed by atoms with E-state index in [-0.39, 0.29) is 12.2 Å². The van der Waals surface area contributed by atoms with Crippen molar-refractivity contribution in [2.45, 2.75) is 64.3 Å². The molecule has 0 aromatic rings. The van der Waals surface area contributed by atoms with Gasteiger partial charge >= 0.3 is 5.97 Å². The highest BCUT2D eigenvalue weighted by atomic mass is 32.2. The van der Waals surface area contributed by atoms with E-state index in [4.69, 9.17) is 5.11 Å². The molecule has 112 valence electrons. The van der Waals surface area contributed by atoms with Crippen LogP contribution in [0.2, 0.25) is 0 Å². The van der Waals surface area contributed by atoms with Gasteiger partial charge in [0.25, 0.3) is 0 Å². The molecule has 5 nitrogen and oxygen atoms in total. The third-order valence-electron chi connectivity index (χ3n) is 3.67. The lowest BCUT2D eigenvalue weighted by atomic mass is 10.0. The first-order valence-electron chi connectivity index (χ1n) is 6.94. The predicted octanol–water partition coefficient (Wildman–Crippen LogP) is 2.13. The van der Waals surface area contributed by atoms with Gasteiger partial charge in [-0.15, -0.1) is 0 Å². The number of nitrogens with one attached hydrogen (secondary N) is 1. The third-order valence-corrected chi connectivity index (χ3v) is 5.30. The van der Waals surface area contributed by atoms with E-state index in [9.17, 15) is 13.2 Å². The molecule has 19 heavy (non-hydrogen) atoms. The normalized spacial score (nSPS) is 17.8. The van der Waals surface area contributed by atoms with E-state index >= 15 is 0 Å². The molecule has 1 fully saturated rings. The number of aliphatic carboxylic acids is 1. The zero-order chi connectivity index (χ0) is 14.5. The van der Waals surface area contributed by atoms with Gasteiger partial charge in [-0.2, -0.15) is 0 Å². The Labute approximate surface area is 115 Å². The van der Waals surface area contributed by atoms with Crippen LogP contribution in [0.1, 0.15) is 58.8 Å². The van der Waals surface area contributed by atoms with Gasteiger partial charge in [0, 0.05) is 12.0 Å². The molecule has 0 atom stereocenters. The maximum atomic E-state index is 12.0. The summed E-state index contributed by atoms with van der Waals surface area (Å²) in [6, 6.07) is 0. The summed E-state index contributed by atoms with van der Waals surface area (Å²) >= 11 is 0. The average Bonchev–Trinajstić information content (AvgIpc) is 2.75. The Morgan fingerprint density at radius 2 is 1.89 bits per heavy atom. The van der Waals surface area contributed by atoms with Gasteiger partial charge in [0.05, 0.1) is 5.75 Å². The lowest BCUT2D eigenvalue weighted by Gasteiger charge is -2.25. The number of carboxylic acid groups (broad SMARTS) is 1. The molecule has 0 bridgehead atoms. The maximum absolute atomic E-state index is 12.0. The highest BCUT2D eigenvalue weighted by molar-refractivity contribution is 7.89. The highest BCUT2D eigenvalue weighted by Gasteiger charge is 2.26. The number of hydrogen-bond acceptors (Lipinski definition) is 3. The zero-order valence-electron chi connectivity index (χ0n) is 11.8. The molecule has 0 aromatic heterocycles. The molecule has 1 aliphatic rings. The molecule has 6 heteroatoms. The minimum absolute atomic E-state index is 0.0296. The smallest absolute Gasteiger partial charge is 0.303 e. The van der Waals surface area contributed by atoms with Crippen molar-refractivity contribution in [3.8, 4) is 0 Å². The van der Waals surface area contributed by atoms with Crippen LogP contribution in [-0.2, 0) is 14.8 Å². The van der Waals surface area contributed by atoms with Crippen molar-refractivity contribution in [2.24, 2.45) is 5.92 Å². The zero-order valence-corrected chi connectivity index (χ0v) is 12.6. The number of hydrogen-bond donors (Lipinski definition) is 2. The molecule has 0 unspecified atom stereocenters. The summed E-state index contributed by atoms with van der Waals surface area (Å²) in [6.07, 6.45) is 5.67. The Hall–Kier alpha value is -0.620. The van der Waals surface area contributed by atoms with Gasteiger partial charge in [0.1, 0.15) is 0 Å².